The van der Waals surface area contributed by atoms with Gasteiger partial charge in [-0.1, -0.05) is 12.0 Å². The monoisotopic (exact) mass is 568 g/mol. The van der Waals surface area contributed by atoms with Crippen LogP contribution in [0.3, 0.4) is 0 Å². The molecule has 0 atom stereocenters. The lowest BCUT2D eigenvalue weighted by Gasteiger charge is -2.18. The number of carbonyl (C=O) groups is 1. The van der Waals surface area contributed by atoms with Crippen LogP contribution in [0.25, 0.3) is 0 Å². The molecule has 0 aliphatic carbocycles. The van der Waals surface area contributed by atoms with Crippen molar-refractivity contribution in [2.75, 3.05) is 20.5 Å². The Morgan fingerprint density at radius 2 is 1.74 bits per heavy atom. The molecular formula is C23H22F2N4O7S2. The quantitative estimate of drug-likeness (QED) is 0.192. The normalized spacial score (nSPS) is 10.8. The van der Waals surface area contributed by atoms with E-state index in [0.717, 1.165) is 18.2 Å². The minimum Gasteiger partial charge on any atom is -0.483 e. The molecular weight excluding hydrogens is 546 g/mol. The molecule has 0 unspecified atom stereocenters. The molecule has 15 heteroatoms. The minimum atomic E-state index is -4.38. The molecule has 0 saturated heterocycles. The molecule has 202 valence electrons. The van der Waals surface area contributed by atoms with Gasteiger partial charge < -0.3 is 15.2 Å². The van der Waals surface area contributed by atoms with Gasteiger partial charge in [0.15, 0.2) is 5.75 Å². The molecule has 0 spiro atoms. The Bertz CT molecular complexity index is 1580. The molecule has 0 aliphatic rings. The van der Waals surface area contributed by atoms with Crippen LogP contribution in [0.5, 0.6) is 11.5 Å². The van der Waals surface area contributed by atoms with Gasteiger partial charge in [0.2, 0.25) is 10.0 Å². The highest BCUT2D eigenvalue weighted by atomic mass is 32.2. The van der Waals surface area contributed by atoms with Gasteiger partial charge in [-0.25, -0.2) is 22.3 Å². The third-order valence-electron chi connectivity index (χ3n) is 4.43. The molecule has 0 amide bonds. The first-order chi connectivity index (χ1) is 17.8. The SMILES string of the molecule is C#Cc1ccc(Nc2cc(F)cc(Oc3cccc(NS(=O)(=O)CC)c3)c2NS(N)(=O)=O)c(F)c1.O=CO. The van der Waals surface area contributed by atoms with Crippen molar-refractivity contribution < 1.29 is 40.3 Å². The highest BCUT2D eigenvalue weighted by Crippen LogP contribution is 2.39. The van der Waals surface area contributed by atoms with E-state index in [9.17, 15) is 25.6 Å². The molecule has 11 nitrogen and oxygen atoms in total. The first-order valence-corrected chi connectivity index (χ1v) is 13.5. The molecule has 0 fully saturated rings. The van der Waals surface area contributed by atoms with E-state index in [4.69, 9.17) is 26.2 Å². The molecule has 0 radical (unpaired) electrons. The summed E-state index contributed by atoms with van der Waals surface area (Å²) in [6.45, 7) is 1.21. The maximum absolute atomic E-state index is 14.5. The Balaban J connectivity index is 0.00000161. The van der Waals surface area contributed by atoms with Gasteiger partial charge in [-0.15, -0.1) is 6.42 Å². The lowest BCUT2D eigenvalue weighted by molar-refractivity contribution is -0.122. The number of terminal acetylenes is 1. The number of nitrogens with one attached hydrogen (secondary N) is 3. The third kappa shape index (κ3) is 8.92. The lowest BCUT2D eigenvalue weighted by Crippen LogP contribution is -2.22. The van der Waals surface area contributed by atoms with Crippen molar-refractivity contribution in [1.29, 1.82) is 0 Å². The van der Waals surface area contributed by atoms with Gasteiger partial charge in [0.1, 0.15) is 23.1 Å². The lowest BCUT2D eigenvalue weighted by atomic mass is 10.2. The second-order valence-electron chi connectivity index (χ2n) is 7.18. The Morgan fingerprint density at radius 1 is 1.05 bits per heavy atom. The van der Waals surface area contributed by atoms with Crippen LogP contribution >= 0.6 is 0 Å². The molecule has 0 bridgehead atoms. The standard InChI is InChI=1S/C22H20F2N4O5S2.CH2O2/c1-3-14-8-9-19(18(24)10-14)26-20-11-15(23)12-21(22(20)28-35(25,31)32)33-17-7-5-6-16(13-17)27-34(29,30)4-2;2-1-3/h1,5-13,26-28H,4H2,2H3,(H2,25,31,32);1H,(H,2,3). The van der Waals surface area contributed by atoms with E-state index in [0.29, 0.717) is 0 Å². The van der Waals surface area contributed by atoms with E-state index in [2.05, 4.69) is 16.0 Å². The summed E-state index contributed by atoms with van der Waals surface area (Å²) < 4.78 is 86.2. The number of anilines is 4. The van der Waals surface area contributed by atoms with Gasteiger partial charge in [-0.05, 0) is 43.3 Å². The molecule has 38 heavy (non-hydrogen) atoms. The molecule has 6 N–H and O–H groups in total. The van der Waals surface area contributed by atoms with Crippen molar-refractivity contribution in [3.63, 3.8) is 0 Å². The molecule has 0 heterocycles. The van der Waals surface area contributed by atoms with E-state index >= 15 is 0 Å². The van der Waals surface area contributed by atoms with E-state index in [1.165, 1.54) is 43.3 Å². The predicted octanol–water partition coefficient (Wildman–Crippen LogP) is 3.56. The van der Waals surface area contributed by atoms with E-state index in [1.807, 2.05) is 4.72 Å². The summed E-state index contributed by atoms with van der Waals surface area (Å²) in [5.41, 5.74) is -0.249. The molecule has 0 saturated carbocycles. The zero-order chi connectivity index (χ0) is 28.5. The number of sulfonamides is 1. The summed E-state index contributed by atoms with van der Waals surface area (Å²) in [6.07, 6.45) is 5.25. The number of rotatable bonds is 9. The van der Waals surface area contributed by atoms with Gasteiger partial charge in [0, 0.05) is 17.7 Å². The van der Waals surface area contributed by atoms with Crippen LogP contribution in [-0.2, 0) is 25.0 Å². The molecule has 3 aromatic carbocycles. The Morgan fingerprint density at radius 3 is 2.32 bits per heavy atom. The molecule has 0 aliphatic heterocycles. The first kappa shape index (κ1) is 29.8. The number of hydrogen-bond acceptors (Lipinski definition) is 7. The Kier molecular flexibility index (Phi) is 9.99. The van der Waals surface area contributed by atoms with E-state index in [-0.39, 0.29) is 52.0 Å². The summed E-state index contributed by atoms with van der Waals surface area (Å²) in [5.74, 6) is 0.179. The van der Waals surface area contributed by atoms with Crippen LogP contribution in [0, 0.1) is 24.0 Å². The summed E-state index contributed by atoms with van der Waals surface area (Å²) in [4.78, 5) is 8.36. The molecule has 3 aromatic rings. The second-order valence-corrected chi connectivity index (χ2v) is 10.5. The second kappa shape index (κ2) is 12.7. The van der Waals surface area contributed by atoms with Crippen molar-refractivity contribution in [2.24, 2.45) is 5.14 Å². The zero-order valence-corrected chi connectivity index (χ0v) is 21.2. The average molecular weight is 569 g/mol. The summed E-state index contributed by atoms with van der Waals surface area (Å²) in [7, 11) is -7.96. The highest BCUT2D eigenvalue weighted by molar-refractivity contribution is 7.92. The topological polar surface area (TPSA) is 177 Å². The number of halogens is 2. The Labute approximate surface area is 217 Å². The van der Waals surface area contributed by atoms with Gasteiger partial charge in [0.05, 0.1) is 22.8 Å². The predicted molar refractivity (Wildman–Crippen MR) is 139 cm³/mol. The molecule has 0 aromatic heterocycles. The van der Waals surface area contributed by atoms with Crippen LogP contribution in [0.4, 0.5) is 31.5 Å². The molecule has 3 rings (SSSR count). The summed E-state index contributed by atoms with van der Waals surface area (Å²) in [6, 6.07) is 11.2. The smallest absolute Gasteiger partial charge is 0.296 e. The van der Waals surface area contributed by atoms with Gasteiger partial charge in [0.25, 0.3) is 16.7 Å². The number of nitrogens with two attached hydrogens (primary N) is 1. The number of hydrogen-bond donors (Lipinski definition) is 5. The number of carboxylic acid groups (broad SMARTS) is 1. The maximum atomic E-state index is 14.5. The van der Waals surface area contributed by atoms with E-state index in [1.54, 1.807) is 0 Å². The third-order valence-corrected chi connectivity index (χ3v) is 6.23. The fourth-order valence-electron chi connectivity index (χ4n) is 2.86. The maximum Gasteiger partial charge on any atom is 0.296 e. The van der Waals surface area contributed by atoms with Crippen molar-refractivity contribution in [3.05, 3.63) is 71.8 Å². The first-order valence-electron chi connectivity index (χ1n) is 10.3. The summed E-state index contributed by atoms with van der Waals surface area (Å²) >= 11 is 0. The van der Waals surface area contributed by atoms with Crippen LogP contribution in [0.15, 0.2) is 54.6 Å². The largest absolute Gasteiger partial charge is 0.483 e. The number of benzene rings is 3. The summed E-state index contributed by atoms with van der Waals surface area (Å²) in [5, 5.41) is 14.6. The van der Waals surface area contributed by atoms with E-state index < -0.39 is 31.9 Å². The van der Waals surface area contributed by atoms with Crippen LogP contribution in [0.1, 0.15) is 12.5 Å². The van der Waals surface area contributed by atoms with Crippen molar-refractivity contribution in [2.45, 2.75) is 6.92 Å². The van der Waals surface area contributed by atoms with Crippen LogP contribution < -0.4 is 24.6 Å². The van der Waals surface area contributed by atoms with Crippen molar-refractivity contribution in [3.8, 4) is 23.8 Å². The number of ether oxygens (including phenoxy) is 1. The van der Waals surface area contributed by atoms with Crippen LogP contribution in [-0.4, -0.2) is 34.2 Å². The van der Waals surface area contributed by atoms with Crippen molar-refractivity contribution in [1.82, 2.24) is 0 Å². The zero-order valence-electron chi connectivity index (χ0n) is 19.6. The highest BCUT2D eigenvalue weighted by Gasteiger charge is 2.19. The fourth-order valence-corrected chi connectivity index (χ4v) is 3.99. The van der Waals surface area contributed by atoms with Gasteiger partial charge >= 0.3 is 0 Å². The van der Waals surface area contributed by atoms with Crippen molar-refractivity contribution >= 4 is 49.5 Å². The minimum absolute atomic E-state index is 0.0416. The average Bonchev–Trinajstić information content (AvgIpc) is 2.82. The fraction of sp³-hybridized carbons (Fsp3) is 0.0870. The Hall–Kier alpha value is -4.39. The van der Waals surface area contributed by atoms with Gasteiger partial charge in [-0.2, -0.15) is 8.42 Å². The van der Waals surface area contributed by atoms with Gasteiger partial charge in [-0.3, -0.25) is 14.2 Å². The van der Waals surface area contributed by atoms with Crippen LogP contribution in [0.2, 0.25) is 0 Å².